The Bertz CT molecular complexity index is 721. The Balaban J connectivity index is 1.80. The molecule has 2 aliphatic rings. The average molecular weight is 372 g/mol. The number of hydrogen-bond acceptors (Lipinski definition) is 3. The van der Waals surface area contributed by atoms with E-state index in [1.54, 1.807) is 40.9 Å². The molecule has 7 heteroatoms. The van der Waals surface area contributed by atoms with Gasteiger partial charge in [-0.15, -0.1) is 0 Å². The molecule has 1 N–H and O–H groups in total. The van der Waals surface area contributed by atoms with Gasteiger partial charge in [-0.1, -0.05) is 25.1 Å². The first-order chi connectivity index (χ1) is 12.9. The van der Waals surface area contributed by atoms with Crippen LogP contribution in [0.25, 0.3) is 0 Å². The Kier molecular flexibility index (Phi) is 5.39. The van der Waals surface area contributed by atoms with Crippen LogP contribution in [0.4, 0.5) is 4.79 Å². The molecule has 0 unspecified atom stereocenters. The lowest BCUT2D eigenvalue weighted by Gasteiger charge is -2.30. The van der Waals surface area contributed by atoms with Crippen molar-refractivity contribution in [3.05, 3.63) is 35.9 Å². The van der Waals surface area contributed by atoms with Crippen molar-refractivity contribution in [2.24, 2.45) is 11.3 Å². The van der Waals surface area contributed by atoms with Gasteiger partial charge in [0.1, 0.15) is 0 Å². The van der Waals surface area contributed by atoms with Gasteiger partial charge in [0.15, 0.2) is 0 Å². The molecule has 3 rings (SSSR count). The van der Waals surface area contributed by atoms with Crippen LogP contribution in [0.2, 0.25) is 0 Å². The predicted molar refractivity (Wildman–Crippen MR) is 102 cm³/mol. The third-order valence-electron chi connectivity index (χ3n) is 5.56. The van der Waals surface area contributed by atoms with E-state index in [1.165, 1.54) is 0 Å². The molecule has 0 saturated carbocycles. The van der Waals surface area contributed by atoms with E-state index in [2.05, 4.69) is 5.32 Å². The second kappa shape index (κ2) is 7.58. The van der Waals surface area contributed by atoms with E-state index in [0.717, 1.165) is 6.42 Å². The maximum absolute atomic E-state index is 13.1. The Morgan fingerprint density at radius 1 is 1.11 bits per heavy atom. The summed E-state index contributed by atoms with van der Waals surface area (Å²) in [6, 6.07) is 9.01. The highest BCUT2D eigenvalue weighted by Crippen LogP contribution is 2.44. The van der Waals surface area contributed by atoms with Gasteiger partial charge in [-0.3, -0.25) is 9.59 Å². The maximum Gasteiger partial charge on any atom is 0.317 e. The lowest BCUT2D eigenvalue weighted by atomic mass is 9.80. The number of carbonyl (C=O) groups excluding carboxylic acids is 3. The molecule has 7 nitrogen and oxygen atoms in total. The SMILES string of the molecule is CCCNC(=O)N1C[C@@H]2CN(C(=O)c3ccccc3)C[C@]2(C(=O)N(C)C)C1. The Hall–Kier alpha value is -2.57. The molecule has 0 aromatic heterocycles. The van der Waals surface area contributed by atoms with Crippen molar-refractivity contribution >= 4 is 17.8 Å². The normalized spacial score (nSPS) is 23.9. The van der Waals surface area contributed by atoms with Crippen molar-refractivity contribution < 1.29 is 14.4 Å². The second-order valence-corrected chi connectivity index (χ2v) is 7.72. The number of fused-ring (bicyclic) bond motifs is 1. The smallest absolute Gasteiger partial charge is 0.317 e. The summed E-state index contributed by atoms with van der Waals surface area (Å²) in [5.41, 5.74) is -0.0974. The van der Waals surface area contributed by atoms with Gasteiger partial charge in [-0.25, -0.2) is 4.79 Å². The van der Waals surface area contributed by atoms with Crippen molar-refractivity contribution in [3.63, 3.8) is 0 Å². The van der Waals surface area contributed by atoms with Crippen molar-refractivity contribution in [1.82, 2.24) is 20.0 Å². The number of likely N-dealkylation sites (tertiary alicyclic amines) is 2. The first-order valence-corrected chi connectivity index (χ1v) is 9.48. The number of urea groups is 1. The van der Waals surface area contributed by atoms with Crippen molar-refractivity contribution in [3.8, 4) is 0 Å². The minimum absolute atomic E-state index is 0.0124. The molecule has 2 heterocycles. The van der Waals surface area contributed by atoms with Gasteiger partial charge in [0.2, 0.25) is 5.91 Å². The fourth-order valence-corrected chi connectivity index (χ4v) is 4.23. The van der Waals surface area contributed by atoms with Gasteiger partial charge < -0.3 is 20.0 Å². The first kappa shape index (κ1) is 19.2. The van der Waals surface area contributed by atoms with Crippen molar-refractivity contribution in [2.75, 3.05) is 46.8 Å². The van der Waals surface area contributed by atoms with Crippen molar-refractivity contribution in [1.29, 1.82) is 0 Å². The number of carbonyl (C=O) groups is 3. The van der Waals surface area contributed by atoms with Crippen LogP contribution in [-0.4, -0.2) is 79.4 Å². The summed E-state index contributed by atoms with van der Waals surface area (Å²) in [7, 11) is 3.46. The monoisotopic (exact) mass is 372 g/mol. The average Bonchev–Trinajstić information content (AvgIpc) is 3.20. The molecule has 0 aliphatic carbocycles. The lowest BCUT2D eigenvalue weighted by Crippen LogP contribution is -2.49. The minimum atomic E-state index is -0.725. The summed E-state index contributed by atoms with van der Waals surface area (Å²) in [4.78, 5) is 43.4. The molecule has 0 radical (unpaired) electrons. The van der Waals surface area contributed by atoms with E-state index in [4.69, 9.17) is 0 Å². The van der Waals surface area contributed by atoms with E-state index in [9.17, 15) is 14.4 Å². The zero-order valence-corrected chi connectivity index (χ0v) is 16.3. The highest BCUT2D eigenvalue weighted by molar-refractivity contribution is 5.96. The third-order valence-corrected chi connectivity index (χ3v) is 5.56. The van der Waals surface area contributed by atoms with Crippen LogP contribution < -0.4 is 5.32 Å². The van der Waals surface area contributed by atoms with Crippen LogP contribution in [0, 0.1) is 11.3 Å². The van der Waals surface area contributed by atoms with Gasteiger partial charge in [0, 0.05) is 58.3 Å². The Morgan fingerprint density at radius 3 is 2.37 bits per heavy atom. The summed E-state index contributed by atoms with van der Waals surface area (Å²) in [5, 5.41) is 2.89. The van der Waals surface area contributed by atoms with Crippen LogP contribution in [0.3, 0.4) is 0 Å². The van der Waals surface area contributed by atoms with Gasteiger partial charge >= 0.3 is 6.03 Å². The number of hydrogen-bond donors (Lipinski definition) is 1. The zero-order valence-electron chi connectivity index (χ0n) is 16.3. The molecule has 1 aromatic carbocycles. The molecule has 1 aromatic rings. The topological polar surface area (TPSA) is 73.0 Å². The Morgan fingerprint density at radius 2 is 1.74 bits per heavy atom. The predicted octanol–water partition coefficient (Wildman–Crippen LogP) is 1.27. The Labute approximate surface area is 160 Å². The first-order valence-electron chi connectivity index (χ1n) is 9.48. The third kappa shape index (κ3) is 3.50. The van der Waals surface area contributed by atoms with Crippen LogP contribution in [0.1, 0.15) is 23.7 Å². The second-order valence-electron chi connectivity index (χ2n) is 7.72. The number of benzene rings is 1. The zero-order chi connectivity index (χ0) is 19.6. The highest BCUT2D eigenvalue weighted by Gasteiger charge is 2.59. The van der Waals surface area contributed by atoms with Gasteiger partial charge in [-0.05, 0) is 18.6 Å². The van der Waals surface area contributed by atoms with Gasteiger partial charge in [0.25, 0.3) is 5.91 Å². The number of rotatable bonds is 4. The molecular formula is C20H28N4O3. The summed E-state index contributed by atoms with van der Waals surface area (Å²) in [5.74, 6) is -0.119. The van der Waals surface area contributed by atoms with Crippen LogP contribution >= 0.6 is 0 Å². The van der Waals surface area contributed by atoms with E-state index in [-0.39, 0.29) is 23.8 Å². The fraction of sp³-hybridized carbons (Fsp3) is 0.550. The van der Waals surface area contributed by atoms with E-state index in [1.807, 2.05) is 25.1 Å². The minimum Gasteiger partial charge on any atom is -0.348 e. The number of amides is 4. The summed E-state index contributed by atoms with van der Waals surface area (Å²) < 4.78 is 0. The molecule has 2 atom stereocenters. The summed E-state index contributed by atoms with van der Waals surface area (Å²) in [6.45, 7) is 4.30. The standard InChI is InChI=1S/C20H28N4O3/c1-4-10-21-19(27)24-12-16-11-23(17(25)15-8-6-5-7-9-15)13-20(16,14-24)18(26)22(2)3/h5-9,16H,4,10-14H2,1-3H3,(H,21,27)/t16-,20-/m0/s1. The lowest BCUT2D eigenvalue weighted by molar-refractivity contribution is -0.139. The van der Waals surface area contributed by atoms with Crippen LogP contribution in [0.15, 0.2) is 30.3 Å². The quantitative estimate of drug-likeness (QED) is 0.865. The van der Waals surface area contributed by atoms with E-state index in [0.29, 0.717) is 38.3 Å². The highest BCUT2D eigenvalue weighted by atomic mass is 16.2. The molecule has 0 bridgehead atoms. The summed E-state index contributed by atoms with van der Waals surface area (Å²) >= 11 is 0. The summed E-state index contributed by atoms with van der Waals surface area (Å²) in [6.07, 6.45) is 0.865. The molecule has 2 saturated heterocycles. The van der Waals surface area contributed by atoms with E-state index >= 15 is 0 Å². The molecular weight excluding hydrogens is 344 g/mol. The molecule has 27 heavy (non-hydrogen) atoms. The molecule has 4 amide bonds. The van der Waals surface area contributed by atoms with Gasteiger partial charge in [-0.2, -0.15) is 0 Å². The van der Waals surface area contributed by atoms with Crippen LogP contribution in [-0.2, 0) is 4.79 Å². The van der Waals surface area contributed by atoms with Crippen molar-refractivity contribution in [2.45, 2.75) is 13.3 Å². The van der Waals surface area contributed by atoms with Crippen LogP contribution in [0.5, 0.6) is 0 Å². The van der Waals surface area contributed by atoms with E-state index < -0.39 is 5.41 Å². The molecule has 2 aliphatic heterocycles. The molecule has 146 valence electrons. The molecule has 2 fully saturated rings. The largest absolute Gasteiger partial charge is 0.348 e. The maximum atomic E-state index is 13.1. The molecule has 0 spiro atoms. The van der Waals surface area contributed by atoms with Gasteiger partial charge in [0.05, 0.1) is 5.41 Å². The number of nitrogens with zero attached hydrogens (tertiary/aromatic N) is 3. The fourth-order valence-electron chi connectivity index (χ4n) is 4.23. The number of nitrogens with one attached hydrogen (secondary N) is 1.